The lowest BCUT2D eigenvalue weighted by Gasteiger charge is -2.35. The number of pyridine rings is 1. The first-order valence-electron chi connectivity index (χ1n) is 9.02. The van der Waals surface area contributed by atoms with Crippen molar-refractivity contribution in [2.45, 2.75) is 18.9 Å². The van der Waals surface area contributed by atoms with E-state index in [-0.39, 0.29) is 6.03 Å². The fraction of sp³-hybridized carbons (Fsp3) is 0.400. The van der Waals surface area contributed by atoms with Gasteiger partial charge in [0.15, 0.2) is 0 Å². The fourth-order valence-corrected chi connectivity index (χ4v) is 3.70. The summed E-state index contributed by atoms with van der Waals surface area (Å²) < 4.78 is 0. The van der Waals surface area contributed by atoms with E-state index in [0.29, 0.717) is 5.92 Å². The molecular formula is C20H24N4O. The van der Waals surface area contributed by atoms with Crippen molar-refractivity contribution in [3.63, 3.8) is 0 Å². The van der Waals surface area contributed by atoms with Crippen molar-refractivity contribution in [1.82, 2.24) is 20.1 Å². The van der Waals surface area contributed by atoms with Crippen LogP contribution in [0.3, 0.4) is 0 Å². The highest BCUT2D eigenvalue weighted by molar-refractivity contribution is 5.74. The predicted octanol–water partition coefficient (Wildman–Crippen LogP) is 2.25. The number of carbonyl (C=O) groups excluding carboxylic acids is 1. The van der Waals surface area contributed by atoms with E-state index in [1.165, 1.54) is 11.1 Å². The number of rotatable bonds is 4. The molecule has 0 spiro atoms. The van der Waals surface area contributed by atoms with Crippen molar-refractivity contribution in [1.29, 1.82) is 0 Å². The maximum absolute atomic E-state index is 12.4. The van der Waals surface area contributed by atoms with Gasteiger partial charge < -0.3 is 10.2 Å². The van der Waals surface area contributed by atoms with Crippen molar-refractivity contribution >= 4 is 6.03 Å². The van der Waals surface area contributed by atoms with Gasteiger partial charge in [-0.25, -0.2) is 4.79 Å². The molecule has 5 heteroatoms. The minimum atomic E-state index is 0.0712. The number of aromatic nitrogens is 1. The third-order valence-electron chi connectivity index (χ3n) is 5.23. The fourth-order valence-electron chi connectivity index (χ4n) is 3.70. The number of nitrogens with zero attached hydrogens (tertiary/aromatic N) is 3. The van der Waals surface area contributed by atoms with Gasteiger partial charge in [-0.3, -0.25) is 9.88 Å². The molecule has 1 aromatic heterocycles. The Balaban J connectivity index is 1.21. The number of nitrogens with one attached hydrogen (secondary N) is 1. The van der Waals surface area contributed by atoms with Gasteiger partial charge in [-0.2, -0.15) is 0 Å². The molecule has 2 aromatic rings. The standard InChI is InChI=1S/C20H24N4O/c25-20(22-14-17-13-16-5-1-2-7-19(16)17)24-11-9-23(10-12-24)15-18-6-3-4-8-21-18/h1-8,17H,9-15H2,(H,22,25)/t17-/m1/s1. The first kappa shape index (κ1) is 16.1. The van der Waals surface area contributed by atoms with Crippen LogP contribution in [0.15, 0.2) is 48.7 Å². The van der Waals surface area contributed by atoms with Crippen molar-refractivity contribution in [2.24, 2.45) is 0 Å². The van der Waals surface area contributed by atoms with Crippen LogP contribution in [0.4, 0.5) is 4.79 Å². The molecule has 1 aromatic carbocycles. The van der Waals surface area contributed by atoms with E-state index in [1.807, 2.05) is 23.2 Å². The van der Waals surface area contributed by atoms with Crippen LogP contribution in [0, 0.1) is 0 Å². The second-order valence-corrected chi connectivity index (χ2v) is 6.87. The van der Waals surface area contributed by atoms with E-state index >= 15 is 0 Å². The second kappa shape index (κ2) is 7.23. The summed E-state index contributed by atoms with van der Waals surface area (Å²) in [5, 5.41) is 3.12. The van der Waals surface area contributed by atoms with Crippen LogP contribution in [-0.4, -0.2) is 53.5 Å². The lowest BCUT2D eigenvalue weighted by Crippen LogP contribution is -2.52. The Bertz CT molecular complexity index is 725. The number of fused-ring (bicyclic) bond motifs is 1. The summed E-state index contributed by atoms with van der Waals surface area (Å²) in [6.45, 7) is 4.95. The van der Waals surface area contributed by atoms with Crippen LogP contribution in [-0.2, 0) is 13.0 Å². The quantitative estimate of drug-likeness (QED) is 0.932. The molecule has 0 unspecified atom stereocenters. The van der Waals surface area contributed by atoms with Gasteiger partial charge in [0.05, 0.1) is 5.69 Å². The summed E-state index contributed by atoms with van der Waals surface area (Å²) >= 11 is 0. The Hall–Kier alpha value is -2.40. The summed E-state index contributed by atoms with van der Waals surface area (Å²) in [5.41, 5.74) is 3.90. The number of benzene rings is 1. The van der Waals surface area contributed by atoms with E-state index in [9.17, 15) is 4.79 Å². The van der Waals surface area contributed by atoms with Crippen molar-refractivity contribution in [3.8, 4) is 0 Å². The summed E-state index contributed by atoms with van der Waals surface area (Å²) in [4.78, 5) is 21.1. The minimum Gasteiger partial charge on any atom is -0.337 e. The molecule has 4 rings (SSSR count). The Morgan fingerprint density at radius 1 is 1.08 bits per heavy atom. The zero-order chi connectivity index (χ0) is 17.1. The predicted molar refractivity (Wildman–Crippen MR) is 97.4 cm³/mol. The van der Waals surface area contributed by atoms with Gasteiger partial charge in [0.25, 0.3) is 0 Å². The van der Waals surface area contributed by atoms with Crippen LogP contribution in [0.25, 0.3) is 0 Å². The SMILES string of the molecule is O=C(NC[C@H]1Cc2ccccc21)N1CCN(Cc2ccccn2)CC1. The summed E-state index contributed by atoms with van der Waals surface area (Å²) in [5.74, 6) is 0.477. The Morgan fingerprint density at radius 2 is 1.88 bits per heavy atom. The Morgan fingerprint density at radius 3 is 2.64 bits per heavy atom. The van der Waals surface area contributed by atoms with Gasteiger partial charge in [0.2, 0.25) is 0 Å². The van der Waals surface area contributed by atoms with E-state index < -0.39 is 0 Å². The molecule has 130 valence electrons. The molecule has 25 heavy (non-hydrogen) atoms. The maximum Gasteiger partial charge on any atom is 0.317 e. The molecule has 2 heterocycles. The van der Waals surface area contributed by atoms with Gasteiger partial charge in [-0.05, 0) is 29.7 Å². The van der Waals surface area contributed by atoms with Gasteiger partial charge in [0, 0.05) is 51.4 Å². The molecule has 0 radical (unpaired) electrons. The van der Waals surface area contributed by atoms with Crippen LogP contribution in [0.5, 0.6) is 0 Å². The average molecular weight is 336 g/mol. The Kier molecular flexibility index (Phi) is 4.65. The Labute approximate surface area is 148 Å². The zero-order valence-electron chi connectivity index (χ0n) is 14.4. The normalized spacial score (nSPS) is 19.8. The van der Waals surface area contributed by atoms with Gasteiger partial charge in [-0.15, -0.1) is 0 Å². The molecule has 1 N–H and O–H groups in total. The third kappa shape index (κ3) is 3.66. The van der Waals surface area contributed by atoms with Gasteiger partial charge in [0.1, 0.15) is 0 Å². The van der Waals surface area contributed by atoms with Crippen LogP contribution < -0.4 is 5.32 Å². The lowest BCUT2D eigenvalue weighted by atomic mass is 9.78. The topological polar surface area (TPSA) is 48.5 Å². The van der Waals surface area contributed by atoms with Crippen LogP contribution in [0.2, 0.25) is 0 Å². The highest BCUT2D eigenvalue weighted by Gasteiger charge is 2.27. The van der Waals surface area contributed by atoms with E-state index in [2.05, 4.69) is 45.5 Å². The molecule has 1 saturated heterocycles. The largest absolute Gasteiger partial charge is 0.337 e. The van der Waals surface area contributed by atoms with Gasteiger partial charge in [-0.1, -0.05) is 30.3 Å². The lowest BCUT2D eigenvalue weighted by molar-refractivity contribution is 0.134. The summed E-state index contributed by atoms with van der Waals surface area (Å²) in [6.07, 6.45) is 2.91. The number of hydrogen-bond donors (Lipinski definition) is 1. The maximum atomic E-state index is 12.4. The molecule has 1 fully saturated rings. The van der Waals surface area contributed by atoms with Gasteiger partial charge >= 0.3 is 6.03 Å². The smallest absolute Gasteiger partial charge is 0.317 e. The highest BCUT2D eigenvalue weighted by Crippen LogP contribution is 2.33. The van der Waals surface area contributed by atoms with Crippen LogP contribution >= 0.6 is 0 Å². The highest BCUT2D eigenvalue weighted by atomic mass is 16.2. The molecule has 1 atom stereocenters. The second-order valence-electron chi connectivity index (χ2n) is 6.87. The number of amides is 2. The first-order chi connectivity index (χ1) is 12.3. The molecular weight excluding hydrogens is 312 g/mol. The zero-order valence-corrected chi connectivity index (χ0v) is 14.4. The van der Waals surface area contributed by atoms with Crippen molar-refractivity contribution in [2.75, 3.05) is 32.7 Å². The molecule has 0 bridgehead atoms. The molecule has 2 aliphatic rings. The molecule has 1 aliphatic heterocycles. The number of hydrogen-bond acceptors (Lipinski definition) is 3. The van der Waals surface area contributed by atoms with E-state index in [4.69, 9.17) is 0 Å². The first-order valence-corrected chi connectivity index (χ1v) is 9.02. The van der Waals surface area contributed by atoms with Crippen molar-refractivity contribution in [3.05, 3.63) is 65.5 Å². The van der Waals surface area contributed by atoms with Crippen LogP contribution in [0.1, 0.15) is 22.7 Å². The van der Waals surface area contributed by atoms with E-state index in [1.54, 1.807) is 0 Å². The number of urea groups is 1. The average Bonchev–Trinajstić information content (AvgIpc) is 2.64. The minimum absolute atomic E-state index is 0.0712. The monoisotopic (exact) mass is 336 g/mol. The third-order valence-corrected chi connectivity index (χ3v) is 5.23. The summed E-state index contributed by atoms with van der Waals surface area (Å²) in [6, 6.07) is 14.6. The number of piperazine rings is 1. The molecule has 5 nitrogen and oxygen atoms in total. The summed E-state index contributed by atoms with van der Waals surface area (Å²) in [7, 11) is 0. The molecule has 1 aliphatic carbocycles. The van der Waals surface area contributed by atoms with E-state index in [0.717, 1.165) is 51.4 Å². The number of carbonyl (C=O) groups is 1. The molecule has 2 amide bonds. The molecule has 0 saturated carbocycles. The van der Waals surface area contributed by atoms with Crippen molar-refractivity contribution < 1.29 is 4.79 Å².